The molecule has 1 atom stereocenters. The first kappa shape index (κ1) is 12.8. The zero-order chi connectivity index (χ0) is 13.1. The summed E-state index contributed by atoms with van der Waals surface area (Å²) in [6.45, 7) is 2.19. The molecular weight excluding hydrogens is 226 g/mol. The maximum Gasteiger partial charge on any atom is 0.141 e. The van der Waals surface area contributed by atoms with Crippen LogP contribution in [0.25, 0.3) is 0 Å². The molecule has 1 aliphatic heterocycles. The van der Waals surface area contributed by atoms with E-state index >= 15 is 0 Å². The molecule has 3 N–H and O–H groups in total. The molecule has 1 fully saturated rings. The predicted octanol–water partition coefficient (Wildman–Crippen LogP) is 0.896. The van der Waals surface area contributed by atoms with E-state index in [1.807, 2.05) is 12.1 Å². The topological polar surface area (TPSA) is 69.2 Å². The number of aromatic nitrogens is 1. The molecule has 0 bridgehead atoms. The van der Waals surface area contributed by atoms with Gasteiger partial charge in [-0.05, 0) is 38.6 Å². The number of nitrogens with zero attached hydrogens (tertiary/aromatic N) is 3. The van der Waals surface area contributed by atoms with E-state index in [9.17, 15) is 0 Å². The lowest BCUT2D eigenvalue weighted by Crippen LogP contribution is -2.36. The van der Waals surface area contributed by atoms with Crippen LogP contribution in [-0.2, 0) is 0 Å². The molecule has 98 valence electrons. The third kappa shape index (κ3) is 2.79. The van der Waals surface area contributed by atoms with Gasteiger partial charge in [0, 0.05) is 31.5 Å². The summed E-state index contributed by atoms with van der Waals surface area (Å²) in [7, 11) is 4.25. The lowest BCUT2D eigenvalue weighted by atomic mass is 10.2. The minimum absolute atomic E-state index is 0.0169. The summed E-state index contributed by atoms with van der Waals surface area (Å²) in [4.78, 5) is 8.70. The zero-order valence-corrected chi connectivity index (χ0v) is 11.1. The van der Waals surface area contributed by atoms with E-state index in [1.165, 1.54) is 19.4 Å². The molecule has 5 heteroatoms. The van der Waals surface area contributed by atoms with Crippen LogP contribution in [0.4, 0.5) is 5.69 Å². The number of hydrogen-bond donors (Lipinski definition) is 2. The molecule has 0 aromatic carbocycles. The second-order valence-electron chi connectivity index (χ2n) is 4.97. The van der Waals surface area contributed by atoms with Gasteiger partial charge in [-0.3, -0.25) is 10.4 Å². The second-order valence-corrected chi connectivity index (χ2v) is 4.97. The van der Waals surface area contributed by atoms with Crippen molar-refractivity contribution in [3.8, 4) is 0 Å². The van der Waals surface area contributed by atoms with Crippen molar-refractivity contribution in [3.05, 3.63) is 24.0 Å². The maximum absolute atomic E-state index is 7.42. The molecule has 1 aromatic heterocycles. The van der Waals surface area contributed by atoms with Crippen LogP contribution < -0.4 is 10.6 Å². The van der Waals surface area contributed by atoms with Gasteiger partial charge in [-0.25, -0.2) is 0 Å². The average Bonchev–Trinajstić information content (AvgIpc) is 2.75. The molecule has 5 nitrogen and oxygen atoms in total. The Kier molecular flexibility index (Phi) is 3.81. The third-order valence-electron chi connectivity index (χ3n) is 3.62. The van der Waals surface area contributed by atoms with E-state index < -0.39 is 0 Å². The molecule has 2 rings (SSSR count). The van der Waals surface area contributed by atoms with Gasteiger partial charge < -0.3 is 15.5 Å². The fourth-order valence-corrected chi connectivity index (χ4v) is 2.44. The molecule has 1 aliphatic rings. The number of anilines is 1. The summed E-state index contributed by atoms with van der Waals surface area (Å²) in [5.41, 5.74) is 7.07. The average molecular weight is 247 g/mol. The van der Waals surface area contributed by atoms with Crippen molar-refractivity contribution in [2.24, 2.45) is 5.73 Å². The first-order valence-corrected chi connectivity index (χ1v) is 6.30. The number of rotatable bonds is 4. The van der Waals surface area contributed by atoms with Crippen molar-refractivity contribution >= 4 is 11.5 Å². The van der Waals surface area contributed by atoms with E-state index in [2.05, 4.69) is 28.9 Å². The molecule has 1 aromatic rings. The van der Waals surface area contributed by atoms with Gasteiger partial charge in [-0.1, -0.05) is 0 Å². The first-order chi connectivity index (χ1) is 8.58. The Hall–Kier alpha value is -1.62. The Balaban J connectivity index is 2.06. The van der Waals surface area contributed by atoms with Gasteiger partial charge in [0.05, 0.1) is 0 Å². The molecule has 0 spiro atoms. The van der Waals surface area contributed by atoms with Gasteiger partial charge in [0.1, 0.15) is 11.5 Å². The van der Waals surface area contributed by atoms with Crippen LogP contribution in [0.2, 0.25) is 0 Å². The predicted molar refractivity (Wildman–Crippen MR) is 74.2 cm³/mol. The number of pyridine rings is 1. The molecular formula is C13H21N5. The highest BCUT2D eigenvalue weighted by atomic mass is 15.2. The summed E-state index contributed by atoms with van der Waals surface area (Å²) < 4.78 is 0. The monoisotopic (exact) mass is 247 g/mol. The van der Waals surface area contributed by atoms with Crippen LogP contribution >= 0.6 is 0 Å². The number of nitrogen functional groups attached to an aromatic ring is 1. The minimum Gasteiger partial charge on any atom is -0.382 e. The van der Waals surface area contributed by atoms with Crippen LogP contribution in [0.15, 0.2) is 18.3 Å². The zero-order valence-electron chi connectivity index (χ0n) is 11.1. The van der Waals surface area contributed by atoms with E-state index in [4.69, 9.17) is 11.1 Å². The third-order valence-corrected chi connectivity index (χ3v) is 3.62. The summed E-state index contributed by atoms with van der Waals surface area (Å²) in [5, 5.41) is 7.42. The normalized spacial score (nSPS) is 20.0. The van der Waals surface area contributed by atoms with Gasteiger partial charge in [-0.2, -0.15) is 0 Å². The maximum atomic E-state index is 7.42. The number of nitrogens with one attached hydrogen (secondary N) is 1. The Bertz CT molecular complexity index is 431. The van der Waals surface area contributed by atoms with E-state index in [-0.39, 0.29) is 5.84 Å². The quantitative estimate of drug-likeness (QED) is 0.612. The van der Waals surface area contributed by atoms with Gasteiger partial charge in [-0.15, -0.1) is 0 Å². The van der Waals surface area contributed by atoms with Crippen molar-refractivity contribution in [1.82, 2.24) is 9.88 Å². The number of amidine groups is 1. The highest BCUT2D eigenvalue weighted by Gasteiger charge is 2.22. The Morgan fingerprint density at radius 1 is 1.67 bits per heavy atom. The molecule has 0 saturated carbocycles. The molecule has 0 radical (unpaired) electrons. The second kappa shape index (κ2) is 5.35. The number of nitrogens with two attached hydrogens (primary N) is 1. The number of hydrogen-bond acceptors (Lipinski definition) is 4. The van der Waals surface area contributed by atoms with Crippen LogP contribution in [-0.4, -0.2) is 48.9 Å². The first-order valence-electron chi connectivity index (χ1n) is 6.30. The van der Waals surface area contributed by atoms with E-state index in [0.717, 1.165) is 12.2 Å². The summed E-state index contributed by atoms with van der Waals surface area (Å²) in [6.07, 6.45) is 4.25. The largest absolute Gasteiger partial charge is 0.382 e. The van der Waals surface area contributed by atoms with E-state index in [1.54, 1.807) is 6.20 Å². The molecule has 2 heterocycles. The smallest absolute Gasteiger partial charge is 0.141 e. The van der Waals surface area contributed by atoms with Crippen molar-refractivity contribution in [2.45, 2.75) is 18.9 Å². The van der Waals surface area contributed by atoms with Gasteiger partial charge >= 0.3 is 0 Å². The lowest BCUT2D eigenvalue weighted by molar-refractivity contribution is 0.314. The minimum atomic E-state index is 0.0169. The number of likely N-dealkylation sites (N-methyl/N-ethyl adjacent to an activating group) is 2. The molecule has 0 aliphatic carbocycles. The van der Waals surface area contributed by atoms with Crippen LogP contribution in [0, 0.1) is 5.41 Å². The Morgan fingerprint density at radius 2 is 2.44 bits per heavy atom. The summed E-state index contributed by atoms with van der Waals surface area (Å²) >= 11 is 0. The van der Waals surface area contributed by atoms with Gasteiger partial charge in [0.15, 0.2) is 0 Å². The van der Waals surface area contributed by atoms with Gasteiger partial charge in [0.25, 0.3) is 0 Å². The highest BCUT2D eigenvalue weighted by molar-refractivity contribution is 5.93. The molecule has 1 unspecified atom stereocenters. The van der Waals surface area contributed by atoms with Crippen LogP contribution in [0.5, 0.6) is 0 Å². The van der Waals surface area contributed by atoms with Crippen LogP contribution in [0.3, 0.4) is 0 Å². The van der Waals surface area contributed by atoms with Crippen molar-refractivity contribution in [1.29, 1.82) is 5.41 Å². The van der Waals surface area contributed by atoms with Gasteiger partial charge in [0.2, 0.25) is 0 Å². The number of likely N-dealkylation sites (tertiary alicyclic amines) is 1. The fourth-order valence-electron chi connectivity index (χ4n) is 2.44. The summed E-state index contributed by atoms with van der Waals surface area (Å²) in [6, 6.07) is 4.45. The molecule has 18 heavy (non-hydrogen) atoms. The molecule has 0 amide bonds. The highest BCUT2D eigenvalue weighted by Crippen LogP contribution is 2.19. The SMILES string of the molecule is CN(CC1CCCN1C)c1ccnc(C(=N)N)c1. The summed E-state index contributed by atoms with van der Waals surface area (Å²) in [5.74, 6) is 0.0169. The Labute approximate surface area is 108 Å². The van der Waals surface area contributed by atoms with Crippen LogP contribution in [0.1, 0.15) is 18.5 Å². The van der Waals surface area contributed by atoms with Crippen molar-refractivity contribution in [2.75, 3.05) is 32.1 Å². The van der Waals surface area contributed by atoms with Crippen molar-refractivity contribution < 1.29 is 0 Å². The Morgan fingerprint density at radius 3 is 3.06 bits per heavy atom. The fraction of sp³-hybridized carbons (Fsp3) is 0.538. The molecule has 1 saturated heterocycles. The lowest BCUT2D eigenvalue weighted by Gasteiger charge is -2.27. The van der Waals surface area contributed by atoms with Crippen molar-refractivity contribution in [3.63, 3.8) is 0 Å². The van der Waals surface area contributed by atoms with E-state index in [0.29, 0.717) is 11.7 Å². The standard InChI is InChI=1S/C13H21N5/c1-17-7-3-4-11(17)9-18(2)10-5-6-16-12(8-10)13(14)15/h5-6,8,11H,3-4,7,9H2,1-2H3,(H3,14,15).